The molecule has 3 N–H and O–H groups in total. The molecular weight excluding hydrogens is 522 g/mol. The number of hydrazine groups is 1. The Morgan fingerprint density at radius 3 is 2.45 bits per heavy atom. The smallest absolute Gasteiger partial charge is 0.270 e. The summed E-state index contributed by atoms with van der Waals surface area (Å²) < 4.78 is 7.14. The van der Waals surface area contributed by atoms with E-state index in [9.17, 15) is 9.59 Å². The summed E-state index contributed by atoms with van der Waals surface area (Å²) in [4.78, 5) is 24.8. The zero-order valence-corrected chi connectivity index (χ0v) is 19.9. The normalized spacial score (nSPS) is 10.4. The van der Waals surface area contributed by atoms with E-state index in [0.717, 1.165) is 10.9 Å². The largest absolute Gasteiger partial charge is 0.493 e. The number of nitrogens with one attached hydrogen (secondary N) is 3. The van der Waals surface area contributed by atoms with Gasteiger partial charge in [-0.05, 0) is 70.8 Å². The fraction of sp³-hybridized carbons (Fsp3) is 0.250. The van der Waals surface area contributed by atoms with Crippen molar-refractivity contribution in [1.82, 2.24) is 16.2 Å². The third-order valence-corrected chi connectivity index (χ3v) is 5.16. The van der Waals surface area contributed by atoms with Crippen LogP contribution in [0.1, 0.15) is 41.0 Å². The fourth-order valence-electron chi connectivity index (χ4n) is 2.24. The highest BCUT2D eigenvalue weighted by Crippen LogP contribution is 2.24. The average Bonchev–Trinajstić information content (AvgIpc) is 2.67. The number of amides is 2. The monoisotopic (exact) mass is 541 g/mol. The standard InChI is InChI=1S/C20H21Br2N3O3S/c1-12(2)9-10-28-17-8-7-13(21)11-15(17)18(26)23-20(29)25-24-19(27)14-5-3-4-6-16(14)22/h3-8,11-12H,9-10H2,1-2H3,(H,24,27)(H2,23,25,26,29). The highest BCUT2D eigenvalue weighted by atomic mass is 79.9. The molecule has 0 atom stereocenters. The lowest BCUT2D eigenvalue weighted by Crippen LogP contribution is -2.48. The van der Waals surface area contributed by atoms with Crippen LogP contribution in [0.5, 0.6) is 5.75 Å². The van der Waals surface area contributed by atoms with E-state index in [1.54, 1.807) is 42.5 Å². The Hall–Kier alpha value is -1.97. The Bertz CT molecular complexity index is 906. The molecule has 29 heavy (non-hydrogen) atoms. The number of rotatable bonds is 6. The van der Waals surface area contributed by atoms with Crippen molar-refractivity contribution in [2.75, 3.05) is 6.61 Å². The van der Waals surface area contributed by atoms with Crippen molar-refractivity contribution >= 4 is 61.0 Å². The van der Waals surface area contributed by atoms with Gasteiger partial charge in [-0.2, -0.15) is 0 Å². The van der Waals surface area contributed by atoms with Crippen LogP contribution in [0.3, 0.4) is 0 Å². The van der Waals surface area contributed by atoms with Crippen LogP contribution in [-0.4, -0.2) is 23.5 Å². The van der Waals surface area contributed by atoms with E-state index in [2.05, 4.69) is 61.9 Å². The number of carbonyl (C=O) groups excluding carboxylic acids is 2. The van der Waals surface area contributed by atoms with E-state index < -0.39 is 11.8 Å². The first-order chi connectivity index (χ1) is 13.8. The van der Waals surface area contributed by atoms with Crippen molar-refractivity contribution in [2.24, 2.45) is 5.92 Å². The van der Waals surface area contributed by atoms with Crippen LogP contribution in [0, 0.1) is 5.92 Å². The summed E-state index contributed by atoms with van der Waals surface area (Å²) in [6.07, 6.45) is 0.873. The van der Waals surface area contributed by atoms with E-state index >= 15 is 0 Å². The Morgan fingerprint density at radius 1 is 1.03 bits per heavy atom. The topological polar surface area (TPSA) is 79.5 Å². The van der Waals surface area contributed by atoms with Crippen molar-refractivity contribution in [2.45, 2.75) is 20.3 Å². The van der Waals surface area contributed by atoms with Crippen LogP contribution in [0.2, 0.25) is 0 Å². The predicted octanol–water partition coefficient (Wildman–Crippen LogP) is 4.59. The molecule has 6 nitrogen and oxygen atoms in total. The first-order valence-electron chi connectivity index (χ1n) is 8.86. The maximum absolute atomic E-state index is 12.6. The van der Waals surface area contributed by atoms with Crippen molar-refractivity contribution in [1.29, 1.82) is 0 Å². The lowest BCUT2D eigenvalue weighted by Gasteiger charge is -2.14. The lowest BCUT2D eigenvalue weighted by molar-refractivity contribution is 0.0933. The van der Waals surface area contributed by atoms with Gasteiger partial charge in [0.15, 0.2) is 5.11 Å². The second kappa shape index (κ2) is 11.3. The summed E-state index contributed by atoms with van der Waals surface area (Å²) in [5.74, 6) is 0.117. The minimum Gasteiger partial charge on any atom is -0.493 e. The van der Waals surface area contributed by atoms with Crippen molar-refractivity contribution in [3.05, 3.63) is 62.5 Å². The van der Waals surface area contributed by atoms with E-state index in [0.29, 0.717) is 33.9 Å². The number of benzene rings is 2. The minimum absolute atomic E-state index is 0.0384. The van der Waals surface area contributed by atoms with Crippen LogP contribution in [0.25, 0.3) is 0 Å². The first-order valence-corrected chi connectivity index (χ1v) is 10.9. The highest BCUT2D eigenvalue weighted by Gasteiger charge is 2.16. The van der Waals surface area contributed by atoms with Crippen molar-refractivity contribution in [3.8, 4) is 5.75 Å². The van der Waals surface area contributed by atoms with Crippen LogP contribution in [0.4, 0.5) is 0 Å². The molecule has 2 rings (SSSR count). The molecule has 2 aromatic carbocycles. The van der Waals surface area contributed by atoms with Crippen molar-refractivity contribution in [3.63, 3.8) is 0 Å². The zero-order valence-electron chi connectivity index (χ0n) is 15.9. The lowest BCUT2D eigenvalue weighted by atomic mass is 10.1. The van der Waals surface area contributed by atoms with Gasteiger partial charge in [0.05, 0.1) is 17.7 Å². The molecular formula is C20H21Br2N3O3S. The van der Waals surface area contributed by atoms with Crippen LogP contribution >= 0.6 is 44.1 Å². The maximum atomic E-state index is 12.6. The van der Waals surface area contributed by atoms with Gasteiger partial charge in [-0.3, -0.25) is 25.8 Å². The fourth-order valence-corrected chi connectivity index (χ4v) is 3.21. The number of carbonyl (C=O) groups is 2. The molecule has 0 aliphatic heterocycles. The molecule has 9 heteroatoms. The second-order valence-corrected chi connectivity index (χ2v) is 8.69. The summed E-state index contributed by atoms with van der Waals surface area (Å²) in [5.41, 5.74) is 5.75. The predicted molar refractivity (Wildman–Crippen MR) is 124 cm³/mol. The number of thiocarbonyl (C=S) groups is 1. The van der Waals surface area contributed by atoms with Gasteiger partial charge in [0.25, 0.3) is 11.8 Å². The Labute approximate surface area is 192 Å². The summed E-state index contributed by atoms with van der Waals surface area (Å²) in [6.45, 7) is 4.71. The van der Waals surface area contributed by atoms with Gasteiger partial charge in [0.1, 0.15) is 5.75 Å². The molecule has 0 saturated carbocycles. The summed E-state index contributed by atoms with van der Waals surface area (Å²) in [7, 11) is 0. The summed E-state index contributed by atoms with van der Waals surface area (Å²) >= 11 is 11.8. The van der Waals surface area contributed by atoms with Gasteiger partial charge >= 0.3 is 0 Å². The Balaban J connectivity index is 1.96. The average molecular weight is 543 g/mol. The van der Waals surface area contributed by atoms with Gasteiger partial charge in [0, 0.05) is 8.95 Å². The molecule has 0 aliphatic rings. The molecule has 0 aromatic heterocycles. The highest BCUT2D eigenvalue weighted by molar-refractivity contribution is 9.10. The molecule has 2 aromatic rings. The van der Waals surface area contributed by atoms with Gasteiger partial charge in [-0.15, -0.1) is 0 Å². The number of ether oxygens (including phenoxy) is 1. The van der Waals surface area contributed by atoms with Crippen molar-refractivity contribution < 1.29 is 14.3 Å². The van der Waals surface area contributed by atoms with Crippen LogP contribution < -0.4 is 20.9 Å². The third kappa shape index (κ3) is 7.41. The van der Waals surface area contributed by atoms with Gasteiger partial charge in [-0.1, -0.05) is 41.9 Å². The molecule has 2 amide bonds. The Kier molecular flexibility index (Phi) is 9.06. The molecule has 0 spiro atoms. The summed E-state index contributed by atoms with van der Waals surface area (Å²) in [6, 6.07) is 12.1. The van der Waals surface area contributed by atoms with E-state index in [4.69, 9.17) is 17.0 Å². The molecule has 0 fully saturated rings. The summed E-state index contributed by atoms with van der Waals surface area (Å²) in [5, 5.41) is 2.50. The first kappa shape index (κ1) is 23.3. The van der Waals surface area contributed by atoms with E-state index in [1.807, 2.05) is 0 Å². The third-order valence-electron chi connectivity index (χ3n) is 3.77. The Morgan fingerprint density at radius 2 is 1.76 bits per heavy atom. The molecule has 0 heterocycles. The molecule has 0 unspecified atom stereocenters. The molecule has 0 saturated heterocycles. The molecule has 0 bridgehead atoms. The zero-order chi connectivity index (χ0) is 21.4. The quantitative estimate of drug-likeness (QED) is 0.367. The molecule has 0 aliphatic carbocycles. The SMILES string of the molecule is CC(C)CCOc1ccc(Br)cc1C(=O)NC(=S)NNC(=O)c1ccccc1Br. The number of hydrogen-bond acceptors (Lipinski definition) is 4. The second-order valence-electron chi connectivity index (χ2n) is 6.51. The van der Waals surface area contributed by atoms with Gasteiger partial charge < -0.3 is 4.74 Å². The van der Waals surface area contributed by atoms with Crippen LogP contribution in [-0.2, 0) is 0 Å². The van der Waals surface area contributed by atoms with E-state index in [1.165, 1.54) is 0 Å². The maximum Gasteiger partial charge on any atom is 0.270 e. The van der Waals surface area contributed by atoms with Gasteiger partial charge in [-0.25, -0.2) is 0 Å². The number of hydrogen-bond donors (Lipinski definition) is 3. The number of halogens is 2. The van der Waals surface area contributed by atoms with Crippen LogP contribution in [0.15, 0.2) is 51.4 Å². The minimum atomic E-state index is -0.446. The molecule has 154 valence electrons. The van der Waals surface area contributed by atoms with E-state index in [-0.39, 0.29) is 5.11 Å². The van der Waals surface area contributed by atoms with Gasteiger partial charge in [0.2, 0.25) is 0 Å². The molecule has 0 radical (unpaired) electrons.